The quantitative estimate of drug-likeness (QED) is 0.679. The van der Waals surface area contributed by atoms with Crippen LogP contribution in [0.5, 0.6) is 0 Å². The molecule has 1 aliphatic carbocycles. The van der Waals surface area contributed by atoms with E-state index in [0.29, 0.717) is 5.69 Å². The van der Waals surface area contributed by atoms with E-state index in [1.54, 1.807) is 19.3 Å². The van der Waals surface area contributed by atoms with Gasteiger partial charge in [0.25, 0.3) is 11.5 Å². The highest BCUT2D eigenvalue weighted by molar-refractivity contribution is 5.92. The molecule has 7 heteroatoms. The minimum absolute atomic E-state index is 0. The van der Waals surface area contributed by atoms with Crippen LogP contribution in [-0.4, -0.2) is 45.9 Å². The van der Waals surface area contributed by atoms with Crippen LogP contribution in [0.1, 0.15) is 48.4 Å². The van der Waals surface area contributed by atoms with Crippen LogP contribution in [0, 0.1) is 0 Å². The maximum atomic E-state index is 12.3. The number of nitrogens with one attached hydrogen (secondary N) is 2. The van der Waals surface area contributed by atoms with Crippen molar-refractivity contribution >= 4 is 22.5 Å². The summed E-state index contributed by atoms with van der Waals surface area (Å²) in [6, 6.07) is 5.80. The minimum Gasteiger partial charge on any atom is -0.354 e. The van der Waals surface area contributed by atoms with Crippen LogP contribution in [0.15, 0.2) is 41.5 Å². The highest BCUT2D eigenvalue weighted by atomic mass is 16.1. The van der Waals surface area contributed by atoms with Gasteiger partial charge in [0.05, 0.1) is 11.0 Å². The SMILES string of the molecule is CNC(=O)c1ccc(C2=CCN(Cc3cnc4c5c(c(=O)[nH]c4c3)CCC5)CC2)cn1.[HH].[HH]. The largest absolute Gasteiger partial charge is 0.354 e. The second-order valence-corrected chi connectivity index (χ2v) is 8.23. The summed E-state index contributed by atoms with van der Waals surface area (Å²) >= 11 is 0. The first-order valence-electron chi connectivity index (χ1n) is 10.7. The molecule has 7 nitrogen and oxygen atoms in total. The number of aryl methyl sites for hydroxylation is 1. The third kappa shape index (κ3) is 3.77. The average molecular weight is 420 g/mol. The predicted octanol–water partition coefficient (Wildman–Crippen LogP) is 2.95. The Hall–Kier alpha value is -3.32. The Labute approximate surface area is 183 Å². The van der Waals surface area contributed by atoms with Crippen molar-refractivity contribution in [1.82, 2.24) is 25.2 Å². The van der Waals surface area contributed by atoms with Crippen molar-refractivity contribution in [3.63, 3.8) is 0 Å². The smallest absolute Gasteiger partial charge is 0.269 e. The lowest BCUT2D eigenvalue weighted by Gasteiger charge is -2.26. The van der Waals surface area contributed by atoms with Crippen molar-refractivity contribution in [2.24, 2.45) is 0 Å². The number of H-pyrrole nitrogens is 1. The molecule has 2 N–H and O–H groups in total. The average Bonchev–Trinajstić information content (AvgIpc) is 3.30. The van der Waals surface area contributed by atoms with Crippen LogP contribution in [0.25, 0.3) is 16.6 Å². The van der Waals surface area contributed by atoms with Gasteiger partial charge in [-0.3, -0.25) is 24.5 Å². The summed E-state index contributed by atoms with van der Waals surface area (Å²) in [6.07, 6.45) is 9.70. The molecular formula is C24H29N5O2. The molecule has 0 radical (unpaired) electrons. The molecule has 0 aromatic carbocycles. The molecule has 2 aliphatic rings. The summed E-state index contributed by atoms with van der Waals surface area (Å²) < 4.78 is 0. The van der Waals surface area contributed by atoms with Crippen LogP contribution in [0.3, 0.4) is 0 Å². The van der Waals surface area contributed by atoms with E-state index in [4.69, 9.17) is 4.98 Å². The van der Waals surface area contributed by atoms with Gasteiger partial charge in [0.2, 0.25) is 0 Å². The number of hydrogen-bond acceptors (Lipinski definition) is 5. The third-order valence-corrected chi connectivity index (χ3v) is 6.26. The van der Waals surface area contributed by atoms with Crippen LogP contribution in [0.4, 0.5) is 0 Å². The van der Waals surface area contributed by atoms with E-state index >= 15 is 0 Å². The van der Waals surface area contributed by atoms with E-state index in [1.165, 1.54) is 5.57 Å². The summed E-state index contributed by atoms with van der Waals surface area (Å²) in [5.74, 6) is -0.175. The van der Waals surface area contributed by atoms with Gasteiger partial charge >= 0.3 is 0 Å². The molecule has 0 bridgehead atoms. The van der Waals surface area contributed by atoms with Gasteiger partial charge in [0, 0.05) is 47.5 Å². The highest BCUT2D eigenvalue weighted by Crippen LogP contribution is 2.26. The van der Waals surface area contributed by atoms with Gasteiger partial charge in [0.15, 0.2) is 0 Å². The zero-order chi connectivity index (χ0) is 21.4. The van der Waals surface area contributed by atoms with E-state index in [9.17, 15) is 9.59 Å². The molecule has 0 saturated heterocycles. The van der Waals surface area contributed by atoms with Gasteiger partial charge in [-0.1, -0.05) is 12.1 Å². The molecule has 0 saturated carbocycles. The fourth-order valence-electron chi connectivity index (χ4n) is 4.61. The number of nitrogens with zero attached hydrogens (tertiary/aromatic N) is 3. The molecule has 0 atom stereocenters. The highest BCUT2D eigenvalue weighted by Gasteiger charge is 2.20. The lowest BCUT2D eigenvalue weighted by Crippen LogP contribution is -2.28. The second kappa shape index (κ2) is 8.07. The Balaban J connectivity index is 0.00000153. The van der Waals surface area contributed by atoms with E-state index in [2.05, 4.69) is 32.3 Å². The van der Waals surface area contributed by atoms with Crippen molar-refractivity contribution in [2.75, 3.05) is 20.1 Å². The van der Waals surface area contributed by atoms with Crippen molar-refractivity contribution in [2.45, 2.75) is 32.2 Å². The maximum Gasteiger partial charge on any atom is 0.269 e. The number of carbonyl (C=O) groups excluding carboxylic acids is 1. The van der Waals surface area contributed by atoms with Crippen LogP contribution in [-0.2, 0) is 19.4 Å². The number of fused-ring (bicyclic) bond motifs is 3. The fraction of sp³-hybridized carbons (Fsp3) is 0.333. The Bertz CT molecular complexity index is 1250. The third-order valence-electron chi connectivity index (χ3n) is 6.26. The minimum atomic E-state index is -0.175. The van der Waals surface area contributed by atoms with Gasteiger partial charge in [-0.2, -0.15) is 0 Å². The number of carbonyl (C=O) groups is 1. The molecule has 1 aliphatic heterocycles. The van der Waals surface area contributed by atoms with Crippen LogP contribution in [0.2, 0.25) is 0 Å². The molecule has 0 unspecified atom stereocenters. The number of amides is 1. The monoisotopic (exact) mass is 419 g/mol. The fourth-order valence-corrected chi connectivity index (χ4v) is 4.61. The first-order valence-corrected chi connectivity index (χ1v) is 10.7. The zero-order valence-corrected chi connectivity index (χ0v) is 17.6. The van der Waals surface area contributed by atoms with Crippen molar-refractivity contribution in [3.8, 4) is 0 Å². The number of rotatable bonds is 4. The van der Waals surface area contributed by atoms with Gasteiger partial charge in [-0.05, 0) is 60.1 Å². The molecule has 31 heavy (non-hydrogen) atoms. The molecule has 3 aromatic rings. The molecular weight excluding hydrogens is 390 g/mol. The van der Waals surface area contributed by atoms with Gasteiger partial charge < -0.3 is 10.3 Å². The maximum absolute atomic E-state index is 12.3. The van der Waals surface area contributed by atoms with Gasteiger partial charge in [-0.15, -0.1) is 0 Å². The summed E-state index contributed by atoms with van der Waals surface area (Å²) in [4.78, 5) is 38.4. The summed E-state index contributed by atoms with van der Waals surface area (Å²) in [6.45, 7) is 2.56. The van der Waals surface area contributed by atoms with E-state index in [1.807, 2.05) is 12.3 Å². The number of pyridine rings is 3. The Morgan fingerprint density at radius 3 is 2.81 bits per heavy atom. The molecule has 5 rings (SSSR count). The number of hydrogen-bond donors (Lipinski definition) is 2. The molecule has 4 heterocycles. The molecule has 3 aromatic heterocycles. The lowest BCUT2D eigenvalue weighted by atomic mass is 10.0. The van der Waals surface area contributed by atoms with Crippen molar-refractivity contribution in [1.29, 1.82) is 0 Å². The standard InChI is InChI=1S/C24H25N5O2.2H2/c1-25-24(31)20-6-5-17(13-26-20)16-7-9-29(10-8-16)14-15-11-21-22(27-12-15)18-3-2-4-19(18)23(30)28-21;;/h5-7,11-13H,2-4,8-10,14H2,1H3,(H,25,31)(H,28,30);2*1H. The van der Waals surface area contributed by atoms with Crippen LogP contribution >= 0.6 is 0 Å². The Morgan fingerprint density at radius 1 is 1.19 bits per heavy atom. The van der Waals surface area contributed by atoms with Crippen LogP contribution < -0.4 is 10.9 Å². The molecule has 0 spiro atoms. The van der Waals surface area contributed by atoms with E-state index < -0.39 is 0 Å². The summed E-state index contributed by atoms with van der Waals surface area (Å²) in [5, 5.41) is 2.59. The number of aromatic nitrogens is 3. The molecule has 0 fully saturated rings. The Morgan fingerprint density at radius 2 is 2.06 bits per heavy atom. The zero-order valence-electron chi connectivity index (χ0n) is 17.6. The topological polar surface area (TPSA) is 91.0 Å². The Kier molecular flexibility index (Phi) is 5.11. The van der Waals surface area contributed by atoms with Crippen molar-refractivity contribution in [3.05, 3.63) is 75.0 Å². The normalized spacial score (nSPS) is 16.2. The summed E-state index contributed by atoms with van der Waals surface area (Å²) in [5.41, 5.74) is 7.73. The first kappa shape index (κ1) is 19.6. The predicted molar refractivity (Wildman–Crippen MR) is 124 cm³/mol. The van der Waals surface area contributed by atoms with E-state index in [0.717, 1.165) is 78.6 Å². The van der Waals surface area contributed by atoms with Crippen molar-refractivity contribution < 1.29 is 7.65 Å². The van der Waals surface area contributed by atoms with E-state index in [-0.39, 0.29) is 14.3 Å². The second-order valence-electron chi connectivity index (χ2n) is 8.23. The lowest BCUT2D eigenvalue weighted by molar-refractivity contribution is 0.0958. The first-order chi connectivity index (χ1) is 15.1. The number of aromatic amines is 1. The molecule has 162 valence electrons. The van der Waals surface area contributed by atoms with Gasteiger partial charge in [-0.25, -0.2) is 0 Å². The molecule has 1 amide bonds. The van der Waals surface area contributed by atoms with Gasteiger partial charge in [0.1, 0.15) is 5.69 Å². The summed E-state index contributed by atoms with van der Waals surface area (Å²) in [7, 11) is 1.60.